The third kappa shape index (κ3) is 2.69. The molecule has 0 fully saturated rings. The number of anilines is 2. The third-order valence-corrected chi connectivity index (χ3v) is 3.16. The molecule has 0 atom stereocenters. The van der Waals surface area contributed by atoms with Gasteiger partial charge in [0.2, 0.25) is 0 Å². The highest BCUT2D eigenvalue weighted by Gasteiger charge is 2.05. The first-order valence-electron chi connectivity index (χ1n) is 6.67. The summed E-state index contributed by atoms with van der Waals surface area (Å²) in [5.74, 6) is 0. The lowest BCUT2D eigenvalue weighted by Crippen LogP contribution is -1.94. The minimum atomic E-state index is 0.975. The van der Waals surface area contributed by atoms with Crippen LogP contribution in [0.4, 0.5) is 11.4 Å². The topological polar surface area (TPSA) is 24.9 Å². The van der Waals surface area contributed by atoms with Crippen LogP contribution in [0.15, 0.2) is 72.9 Å². The molecule has 3 rings (SSSR count). The Hall–Kier alpha value is -2.61. The summed E-state index contributed by atoms with van der Waals surface area (Å²) >= 11 is 0. The fraction of sp³-hybridized carbons (Fsp3) is 0.0556. The van der Waals surface area contributed by atoms with Gasteiger partial charge in [-0.15, -0.1) is 0 Å². The van der Waals surface area contributed by atoms with Gasteiger partial charge in [-0.2, -0.15) is 0 Å². The van der Waals surface area contributed by atoms with Crippen LogP contribution in [-0.2, 0) is 0 Å². The summed E-state index contributed by atoms with van der Waals surface area (Å²) in [6, 6.07) is 22.5. The fourth-order valence-electron chi connectivity index (χ4n) is 2.22. The van der Waals surface area contributed by atoms with E-state index in [2.05, 4.69) is 53.6 Å². The first kappa shape index (κ1) is 12.4. The molecule has 0 aliphatic heterocycles. The number of aromatic nitrogens is 1. The van der Waals surface area contributed by atoms with Gasteiger partial charge in [-0.05, 0) is 42.8 Å². The van der Waals surface area contributed by atoms with Gasteiger partial charge < -0.3 is 5.32 Å². The number of rotatable bonds is 3. The van der Waals surface area contributed by atoms with Crippen LogP contribution in [0.1, 0.15) is 5.56 Å². The largest absolute Gasteiger partial charge is 0.355 e. The Kier molecular flexibility index (Phi) is 3.46. The van der Waals surface area contributed by atoms with Gasteiger partial charge in [-0.1, -0.05) is 36.4 Å². The molecule has 20 heavy (non-hydrogen) atoms. The maximum atomic E-state index is 4.43. The number of nitrogens with one attached hydrogen (secondary N) is 1. The molecule has 2 heteroatoms. The second-order valence-corrected chi connectivity index (χ2v) is 4.76. The van der Waals surface area contributed by atoms with E-state index in [0.717, 1.165) is 22.6 Å². The van der Waals surface area contributed by atoms with E-state index in [1.54, 1.807) is 0 Å². The highest BCUT2D eigenvalue weighted by molar-refractivity contribution is 5.79. The van der Waals surface area contributed by atoms with E-state index in [1.807, 2.05) is 36.5 Å². The average molecular weight is 260 g/mol. The molecule has 0 aliphatic carbocycles. The lowest BCUT2D eigenvalue weighted by atomic mass is 10.1. The Morgan fingerprint density at radius 2 is 1.70 bits per heavy atom. The van der Waals surface area contributed by atoms with Gasteiger partial charge in [0.1, 0.15) is 0 Å². The normalized spacial score (nSPS) is 10.2. The highest BCUT2D eigenvalue weighted by Crippen LogP contribution is 2.28. The van der Waals surface area contributed by atoms with Crippen molar-refractivity contribution in [2.45, 2.75) is 6.92 Å². The van der Waals surface area contributed by atoms with Crippen molar-refractivity contribution in [1.82, 2.24) is 4.98 Å². The summed E-state index contributed by atoms with van der Waals surface area (Å²) in [7, 11) is 0. The molecule has 1 aromatic heterocycles. The quantitative estimate of drug-likeness (QED) is 0.731. The van der Waals surface area contributed by atoms with Gasteiger partial charge in [0.25, 0.3) is 0 Å². The van der Waals surface area contributed by atoms with Gasteiger partial charge in [0.05, 0.1) is 5.69 Å². The number of hydrogen-bond acceptors (Lipinski definition) is 2. The minimum Gasteiger partial charge on any atom is -0.355 e. The van der Waals surface area contributed by atoms with Gasteiger partial charge in [0.15, 0.2) is 0 Å². The predicted octanol–water partition coefficient (Wildman–Crippen LogP) is 4.80. The lowest BCUT2D eigenvalue weighted by Gasteiger charge is -2.12. The number of aryl methyl sites for hydroxylation is 1. The van der Waals surface area contributed by atoms with E-state index >= 15 is 0 Å². The van der Waals surface area contributed by atoms with Crippen molar-refractivity contribution in [2.75, 3.05) is 5.32 Å². The zero-order chi connectivity index (χ0) is 13.8. The van der Waals surface area contributed by atoms with E-state index in [-0.39, 0.29) is 0 Å². The Morgan fingerprint density at radius 3 is 2.50 bits per heavy atom. The maximum Gasteiger partial charge on any atom is 0.0722 e. The van der Waals surface area contributed by atoms with Crippen LogP contribution in [0, 0.1) is 6.92 Å². The SMILES string of the molecule is Cc1cccc(Nc2ccccc2-c2ccccn2)c1. The molecule has 2 nitrogen and oxygen atoms in total. The van der Waals surface area contributed by atoms with Crippen molar-refractivity contribution in [2.24, 2.45) is 0 Å². The first-order chi connectivity index (χ1) is 9.83. The molecule has 1 N–H and O–H groups in total. The van der Waals surface area contributed by atoms with Crippen LogP contribution in [0.3, 0.4) is 0 Å². The molecule has 2 aromatic carbocycles. The number of hydrogen-bond donors (Lipinski definition) is 1. The molecule has 0 saturated heterocycles. The van der Waals surface area contributed by atoms with Gasteiger partial charge in [-0.25, -0.2) is 0 Å². The Labute approximate surface area is 119 Å². The van der Waals surface area contributed by atoms with Gasteiger partial charge >= 0.3 is 0 Å². The number of para-hydroxylation sites is 1. The summed E-state index contributed by atoms with van der Waals surface area (Å²) in [5.41, 5.74) is 5.48. The van der Waals surface area contributed by atoms with Crippen molar-refractivity contribution in [3.8, 4) is 11.3 Å². The van der Waals surface area contributed by atoms with Crippen molar-refractivity contribution in [3.05, 3.63) is 78.5 Å². The van der Waals surface area contributed by atoms with E-state index in [4.69, 9.17) is 0 Å². The first-order valence-corrected chi connectivity index (χ1v) is 6.67. The Morgan fingerprint density at radius 1 is 0.850 bits per heavy atom. The van der Waals surface area contributed by atoms with Crippen LogP contribution in [-0.4, -0.2) is 4.98 Å². The Bertz CT molecular complexity index is 705. The zero-order valence-corrected chi connectivity index (χ0v) is 11.4. The molecule has 0 radical (unpaired) electrons. The molecular formula is C18H16N2. The average Bonchev–Trinajstić information content (AvgIpc) is 2.49. The second-order valence-electron chi connectivity index (χ2n) is 4.76. The molecule has 0 bridgehead atoms. The number of nitrogens with zero attached hydrogens (tertiary/aromatic N) is 1. The minimum absolute atomic E-state index is 0.975. The van der Waals surface area contributed by atoms with Crippen LogP contribution in [0.25, 0.3) is 11.3 Å². The molecule has 98 valence electrons. The summed E-state index contributed by atoms with van der Waals surface area (Å²) in [6.07, 6.45) is 1.82. The molecule has 0 saturated carbocycles. The Balaban J connectivity index is 1.99. The van der Waals surface area contributed by atoms with Gasteiger partial charge in [-0.3, -0.25) is 4.98 Å². The number of pyridine rings is 1. The van der Waals surface area contributed by atoms with Crippen molar-refractivity contribution >= 4 is 11.4 Å². The van der Waals surface area contributed by atoms with E-state index in [9.17, 15) is 0 Å². The molecule has 0 amide bonds. The van der Waals surface area contributed by atoms with Crippen LogP contribution in [0.5, 0.6) is 0 Å². The summed E-state index contributed by atoms with van der Waals surface area (Å²) in [6.45, 7) is 2.09. The van der Waals surface area contributed by atoms with Crippen LogP contribution >= 0.6 is 0 Å². The van der Waals surface area contributed by atoms with Crippen molar-refractivity contribution in [1.29, 1.82) is 0 Å². The molecule has 0 aliphatic rings. The van der Waals surface area contributed by atoms with Crippen molar-refractivity contribution in [3.63, 3.8) is 0 Å². The highest BCUT2D eigenvalue weighted by atomic mass is 14.9. The molecule has 1 heterocycles. The van der Waals surface area contributed by atoms with Crippen LogP contribution in [0.2, 0.25) is 0 Å². The van der Waals surface area contributed by atoms with Crippen LogP contribution < -0.4 is 5.32 Å². The lowest BCUT2D eigenvalue weighted by molar-refractivity contribution is 1.32. The smallest absolute Gasteiger partial charge is 0.0722 e. The predicted molar refractivity (Wildman–Crippen MR) is 84.1 cm³/mol. The molecule has 3 aromatic rings. The number of benzene rings is 2. The molecular weight excluding hydrogens is 244 g/mol. The van der Waals surface area contributed by atoms with Crippen molar-refractivity contribution < 1.29 is 0 Å². The zero-order valence-electron chi connectivity index (χ0n) is 11.4. The second kappa shape index (κ2) is 5.57. The summed E-state index contributed by atoms with van der Waals surface area (Å²) in [5, 5.41) is 3.47. The summed E-state index contributed by atoms with van der Waals surface area (Å²) in [4.78, 5) is 4.43. The summed E-state index contributed by atoms with van der Waals surface area (Å²) < 4.78 is 0. The standard InChI is InChI=1S/C18H16N2/c1-14-7-6-8-15(13-14)20-18-11-3-2-9-16(18)17-10-4-5-12-19-17/h2-13,20H,1H3. The molecule has 0 unspecified atom stereocenters. The fourth-order valence-corrected chi connectivity index (χ4v) is 2.22. The van der Waals surface area contributed by atoms with E-state index in [1.165, 1.54) is 5.56 Å². The maximum absolute atomic E-state index is 4.43. The van der Waals surface area contributed by atoms with Gasteiger partial charge in [0, 0.05) is 23.1 Å². The third-order valence-electron chi connectivity index (χ3n) is 3.16. The monoisotopic (exact) mass is 260 g/mol. The van der Waals surface area contributed by atoms with E-state index in [0.29, 0.717) is 0 Å². The van der Waals surface area contributed by atoms with E-state index < -0.39 is 0 Å². The molecule has 0 spiro atoms.